The van der Waals surface area contributed by atoms with Gasteiger partial charge in [0, 0.05) is 12.6 Å². The predicted molar refractivity (Wildman–Crippen MR) is 84.9 cm³/mol. The summed E-state index contributed by atoms with van der Waals surface area (Å²) < 4.78 is 27.2. The van der Waals surface area contributed by atoms with Gasteiger partial charge in [-0.15, -0.1) is 0 Å². The molecule has 0 saturated carbocycles. The minimum atomic E-state index is -3.40. The fraction of sp³-hybridized carbons (Fsp3) is 0.250. The Morgan fingerprint density at radius 1 is 1.05 bits per heavy atom. The highest BCUT2D eigenvalue weighted by Crippen LogP contribution is 2.15. The maximum absolute atomic E-state index is 12.2. The highest BCUT2D eigenvalue weighted by atomic mass is 32.2. The van der Waals surface area contributed by atoms with Crippen LogP contribution >= 0.6 is 0 Å². The minimum absolute atomic E-state index is 0.0436. The number of sulfonamides is 1. The van der Waals surface area contributed by atoms with E-state index in [0.717, 1.165) is 16.7 Å². The molecule has 0 spiro atoms. The van der Waals surface area contributed by atoms with E-state index in [9.17, 15) is 8.42 Å². The number of benzene rings is 2. The molecule has 2 aromatic carbocycles. The van der Waals surface area contributed by atoms with Crippen LogP contribution in [-0.2, 0) is 22.3 Å². The molecular weight excluding hydrogens is 284 g/mol. The monoisotopic (exact) mass is 304 g/mol. The van der Waals surface area contributed by atoms with Gasteiger partial charge >= 0.3 is 0 Å². The van der Waals surface area contributed by atoms with Crippen molar-refractivity contribution in [2.24, 2.45) is 5.73 Å². The summed E-state index contributed by atoms with van der Waals surface area (Å²) in [6, 6.07) is 16.6. The molecule has 0 aliphatic rings. The molecule has 0 bridgehead atoms. The lowest BCUT2D eigenvalue weighted by molar-refractivity contribution is 0.566. The van der Waals surface area contributed by atoms with Gasteiger partial charge in [0.05, 0.1) is 5.75 Å². The quantitative estimate of drug-likeness (QED) is 0.860. The summed E-state index contributed by atoms with van der Waals surface area (Å²) in [5.41, 5.74) is 8.19. The Bertz CT molecular complexity index is 684. The molecule has 3 N–H and O–H groups in total. The van der Waals surface area contributed by atoms with Gasteiger partial charge < -0.3 is 5.73 Å². The first-order valence-corrected chi connectivity index (χ1v) is 8.48. The molecule has 1 unspecified atom stereocenters. The van der Waals surface area contributed by atoms with E-state index >= 15 is 0 Å². The molecule has 2 rings (SSSR count). The highest BCUT2D eigenvalue weighted by molar-refractivity contribution is 7.88. The van der Waals surface area contributed by atoms with Crippen molar-refractivity contribution in [2.75, 3.05) is 0 Å². The van der Waals surface area contributed by atoms with E-state index < -0.39 is 10.0 Å². The van der Waals surface area contributed by atoms with E-state index in [1.807, 2.05) is 55.5 Å². The van der Waals surface area contributed by atoms with Crippen molar-refractivity contribution in [1.82, 2.24) is 4.72 Å². The zero-order valence-corrected chi connectivity index (χ0v) is 12.8. The molecule has 21 heavy (non-hydrogen) atoms. The average molecular weight is 304 g/mol. The number of nitrogens with two attached hydrogens (primary N) is 1. The molecule has 4 nitrogen and oxygen atoms in total. The van der Waals surface area contributed by atoms with E-state index in [1.54, 1.807) is 6.07 Å². The summed E-state index contributed by atoms with van der Waals surface area (Å²) in [5, 5.41) is 0. The van der Waals surface area contributed by atoms with Crippen LogP contribution in [0.25, 0.3) is 0 Å². The number of hydrogen-bond donors (Lipinski definition) is 2. The number of nitrogens with one attached hydrogen (secondary N) is 1. The molecular formula is C16H20N2O2S. The molecule has 1 atom stereocenters. The molecule has 0 aliphatic carbocycles. The van der Waals surface area contributed by atoms with Crippen LogP contribution in [0.4, 0.5) is 0 Å². The summed E-state index contributed by atoms with van der Waals surface area (Å²) in [4.78, 5) is 0. The van der Waals surface area contributed by atoms with Gasteiger partial charge in [-0.05, 0) is 23.6 Å². The first kappa shape index (κ1) is 15.7. The van der Waals surface area contributed by atoms with Gasteiger partial charge in [0.25, 0.3) is 0 Å². The van der Waals surface area contributed by atoms with Gasteiger partial charge in [-0.25, -0.2) is 13.1 Å². The molecule has 0 radical (unpaired) electrons. The molecule has 0 aromatic heterocycles. The Hall–Kier alpha value is -1.69. The fourth-order valence-electron chi connectivity index (χ4n) is 2.19. The lowest BCUT2D eigenvalue weighted by atomic mass is 10.1. The molecule has 0 heterocycles. The maximum atomic E-state index is 12.2. The smallest absolute Gasteiger partial charge is 0.216 e. The molecule has 112 valence electrons. The zero-order chi connectivity index (χ0) is 15.3. The summed E-state index contributed by atoms with van der Waals surface area (Å²) >= 11 is 0. The van der Waals surface area contributed by atoms with Crippen molar-refractivity contribution < 1.29 is 8.42 Å². The van der Waals surface area contributed by atoms with Crippen molar-refractivity contribution in [3.8, 4) is 0 Å². The van der Waals surface area contributed by atoms with Gasteiger partial charge in [0.2, 0.25) is 10.0 Å². The number of rotatable bonds is 6. The second-order valence-corrected chi connectivity index (χ2v) is 6.79. The van der Waals surface area contributed by atoms with Gasteiger partial charge in [0.15, 0.2) is 0 Å². The third kappa shape index (κ3) is 4.67. The zero-order valence-electron chi connectivity index (χ0n) is 12.0. The van der Waals surface area contributed by atoms with Crippen LogP contribution in [0, 0.1) is 0 Å². The van der Waals surface area contributed by atoms with Crippen molar-refractivity contribution in [2.45, 2.75) is 25.3 Å². The second kappa shape index (κ2) is 6.85. The predicted octanol–water partition coefficient (Wildman–Crippen LogP) is 2.33. The first-order valence-electron chi connectivity index (χ1n) is 6.83. The van der Waals surface area contributed by atoms with Gasteiger partial charge in [-0.2, -0.15) is 0 Å². The summed E-state index contributed by atoms with van der Waals surface area (Å²) in [6.07, 6.45) is 0. The van der Waals surface area contributed by atoms with Crippen LogP contribution in [0.2, 0.25) is 0 Å². The van der Waals surface area contributed by atoms with Crippen LogP contribution in [0.1, 0.15) is 29.7 Å². The largest absolute Gasteiger partial charge is 0.326 e. The van der Waals surface area contributed by atoms with E-state index in [2.05, 4.69) is 4.72 Å². The lowest BCUT2D eigenvalue weighted by Crippen LogP contribution is -2.28. The van der Waals surface area contributed by atoms with Crippen molar-refractivity contribution >= 4 is 10.0 Å². The summed E-state index contributed by atoms with van der Waals surface area (Å²) in [7, 11) is -3.40. The third-order valence-electron chi connectivity index (χ3n) is 3.24. The Labute approximate surface area is 126 Å². The topological polar surface area (TPSA) is 72.2 Å². The third-order valence-corrected chi connectivity index (χ3v) is 4.67. The summed E-state index contributed by atoms with van der Waals surface area (Å²) in [5.74, 6) is -0.0436. The van der Waals surface area contributed by atoms with Crippen LogP contribution in [-0.4, -0.2) is 8.42 Å². The highest BCUT2D eigenvalue weighted by Gasteiger charge is 2.16. The van der Waals surface area contributed by atoms with Crippen LogP contribution in [0.15, 0.2) is 54.6 Å². The Kier molecular flexibility index (Phi) is 5.12. The minimum Gasteiger partial charge on any atom is -0.326 e. The second-order valence-electron chi connectivity index (χ2n) is 5.03. The molecule has 0 fully saturated rings. The fourth-order valence-corrected chi connectivity index (χ4v) is 3.56. The number of hydrogen-bond acceptors (Lipinski definition) is 3. The molecule has 5 heteroatoms. The average Bonchev–Trinajstić information content (AvgIpc) is 2.47. The first-order chi connectivity index (χ1) is 10.00. The van der Waals surface area contributed by atoms with Crippen LogP contribution in [0.5, 0.6) is 0 Å². The Balaban J connectivity index is 2.08. The lowest BCUT2D eigenvalue weighted by Gasteiger charge is -2.15. The van der Waals surface area contributed by atoms with Crippen LogP contribution in [0.3, 0.4) is 0 Å². The Morgan fingerprint density at radius 3 is 2.38 bits per heavy atom. The van der Waals surface area contributed by atoms with E-state index in [4.69, 9.17) is 5.73 Å². The van der Waals surface area contributed by atoms with E-state index in [-0.39, 0.29) is 11.8 Å². The van der Waals surface area contributed by atoms with Crippen molar-refractivity contribution in [1.29, 1.82) is 0 Å². The normalized spacial score (nSPS) is 13.0. The SMILES string of the molecule is CC(NS(=O)(=O)Cc1cccc(CN)c1)c1ccccc1. The maximum Gasteiger partial charge on any atom is 0.216 e. The van der Waals surface area contributed by atoms with Gasteiger partial charge in [-0.3, -0.25) is 0 Å². The van der Waals surface area contributed by atoms with Gasteiger partial charge in [-0.1, -0.05) is 54.6 Å². The van der Waals surface area contributed by atoms with Gasteiger partial charge in [0.1, 0.15) is 0 Å². The molecule has 0 aliphatic heterocycles. The molecule has 0 amide bonds. The van der Waals surface area contributed by atoms with E-state index in [1.165, 1.54) is 0 Å². The Morgan fingerprint density at radius 2 is 1.71 bits per heavy atom. The molecule has 2 aromatic rings. The summed E-state index contributed by atoms with van der Waals surface area (Å²) in [6.45, 7) is 2.24. The van der Waals surface area contributed by atoms with E-state index in [0.29, 0.717) is 6.54 Å². The van der Waals surface area contributed by atoms with Crippen molar-refractivity contribution in [3.05, 3.63) is 71.3 Å². The standard InChI is InChI=1S/C16H20N2O2S/c1-13(16-8-3-2-4-9-16)18-21(19,20)12-15-7-5-6-14(10-15)11-17/h2-10,13,18H,11-12,17H2,1H3. The molecule has 0 saturated heterocycles. The van der Waals surface area contributed by atoms with Crippen molar-refractivity contribution in [3.63, 3.8) is 0 Å². The van der Waals surface area contributed by atoms with Crippen LogP contribution < -0.4 is 10.5 Å².